The summed E-state index contributed by atoms with van der Waals surface area (Å²) in [6, 6.07) is 12.4. The van der Waals surface area contributed by atoms with Crippen LogP contribution in [0.3, 0.4) is 0 Å². The van der Waals surface area contributed by atoms with Gasteiger partial charge in [0, 0.05) is 30.0 Å². The number of carbonyl (C=O) groups is 1. The highest BCUT2D eigenvalue weighted by atomic mass is 35.5. The number of rotatable bonds is 10. The standard InChI is InChI=1S/C26H29ClN5O6P/c1-3-24(33)29-19-6-4-5-18(13-19)25-21(27)15-28-26(31-25)30-20-7-8-23(37-16-38-39(34,35)36)22(14-20)32-11-9-17(2)10-12-32/h3-8,13-15,17H,1,9-12,16H2,2H3,(H,29,33)(H,28,30,31)(H2,34,35,36). The number of phosphoric acid groups is 1. The van der Waals surface area contributed by atoms with Crippen LogP contribution >= 0.6 is 19.4 Å². The molecule has 2 aromatic carbocycles. The molecule has 1 aliphatic rings. The van der Waals surface area contributed by atoms with Gasteiger partial charge in [-0.25, -0.2) is 19.1 Å². The largest absolute Gasteiger partial charge is 0.472 e. The normalized spacial score (nSPS) is 14.1. The molecular weight excluding hydrogens is 545 g/mol. The van der Waals surface area contributed by atoms with Gasteiger partial charge >= 0.3 is 7.82 Å². The van der Waals surface area contributed by atoms with Crippen LogP contribution in [0.4, 0.5) is 23.0 Å². The lowest BCUT2D eigenvalue weighted by Crippen LogP contribution is -2.33. The molecule has 206 valence electrons. The second-order valence-corrected chi connectivity index (χ2v) is 10.7. The number of benzene rings is 2. The Hall–Kier alpha value is -3.47. The van der Waals surface area contributed by atoms with Crippen molar-refractivity contribution < 1.29 is 28.4 Å². The summed E-state index contributed by atoms with van der Waals surface area (Å²) in [5.41, 5.74) is 3.15. The average molecular weight is 574 g/mol. The first-order chi connectivity index (χ1) is 18.6. The van der Waals surface area contributed by atoms with Gasteiger partial charge in [-0.15, -0.1) is 0 Å². The van der Waals surface area contributed by atoms with E-state index in [1.807, 2.05) is 12.1 Å². The molecule has 11 nitrogen and oxygen atoms in total. The minimum Gasteiger partial charge on any atom is -0.465 e. The summed E-state index contributed by atoms with van der Waals surface area (Å²) in [5.74, 6) is 1.00. The molecule has 1 amide bonds. The first kappa shape index (κ1) is 28.5. The Balaban J connectivity index is 1.59. The number of carbonyl (C=O) groups excluding carboxylic acids is 1. The van der Waals surface area contributed by atoms with Crippen LogP contribution in [-0.4, -0.2) is 45.5 Å². The molecule has 13 heteroatoms. The van der Waals surface area contributed by atoms with E-state index in [4.69, 9.17) is 26.1 Å². The van der Waals surface area contributed by atoms with E-state index in [1.165, 1.54) is 12.3 Å². The fraction of sp³-hybridized carbons (Fsp3) is 0.269. The number of halogens is 1. The molecule has 2 heterocycles. The Bertz CT molecular complexity index is 1390. The molecule has 1 fully saturated rings. The number of nitrogens with zero attached hydrogens (tertiary/aromatic N) is 3. The van der Waals surface area contributed by atoms with E-state index in [9.17, 15) is 9.36 Å². The highest BCUT2D eigenvalue weighted by Crippen LogP contribution is 2.38. The van der Waals surface area contributed by atoms with Crippen molar-refractivity contribution >= 4 is 48.3 Å². The number of aromatic nitrogens is 2. The van der Waals surface area contributed by atoms with E-state index in [0.717, 1.165) is 31.6 Å². The molecule has 1 aromatic heterocycles. The van der Waals surface area contributed by atoms with Gasteiger partial charge in [-0.05, 0) is 55.2 Å². The minimum absolute atomic E-state index is 0.298. The third-order valence-electron chi connectivity index (χ3n) is 6.11. The fourth-order valence-corrected chi connectivity index (χ4v) is 4.46. The smallest absolute Gasteiger partial charge is 0.465 e. The quantitative estimate of drug-likeness (QED) is 0.142. The zero-order chi connectivity index (χ0) is 28.0. The number of anilines is 4. The third kappa shape index (κ3) is 8.01. The van der Waals surface area contributed by atoms with Crippen LogP contribution in [0.25, 0.3) is 11.3 Å². The zero-order valence-electron chi connectivity index (χ0n) is 21.2. The number of ether oxygens (including phenoxy) is 1. The van der Waals surface area contributed by atoms with Crippen molar-refractivity contribution in [3.05, 3.63) is 66.3 Å². The van der Waals surface area contributed by atoms with Crippen LogP contribution in [0.15, 0.2) is 61.3 Å². The molecule has 3 aromatic rings. The molecule has 4 N–H and O–H groups in total. The first-order valence-electron chi connectivity index (χ1n) is 12.2. The van der Waals surface area contributed by atoms with Gasteiger partial charge in [-0.1, -0.05) is 37.2 Å². The van der Waals surface area contributed by atoms with Crippen molar-refractivity contribution in [3.63, 3.8) is 0 Å². The Morgan fingerprint density at radius 3 is 2.72 bits per heavy atom. The van der Waals surface area contributed by atoms with Crippen LogP contribution in [-0.2, 0) is 13.9 Å². The van der Waals surface area contributed by atoms with E-state index in [2.05, 4.69) is 43.5 Å². The highest BCUT2D eigenvalue weighted by Gasteiger charge is 2.21. The van der Waals surface area contributed by atoms with Gasteiger partial charge in [-0.3, -0.25) is 4.79 Å². The van der Waals surface area contributed by atoms with Gasteiger partial charge in [0.1, 0.15) is 5.75 Å². The monoisotopic (exact) mass is 573 g/mol. The second kappa shape index (κ2) is 12.6. The maximum absolute atomic E-state index is 11.7. The molecule has 0 saturated carbocycles. The predicted octanol–water partition coefficient (Wildman–Crippen LogP) is 5.35. The van der Waals surface area contributed by atoms with Crippen molar-refractivity contribution in [2.45, 2.75) is 19.8 Å². The van der Waals surface area contributed by atoms with E-state index >= 15 is 0 Å². The van der Waals surface area contributed by atoms with Crippen molar-refractivity contribution in [3.8, 4) is 17.0 Å². The maximum Gasteiger partial charge on any atom is 0.472 e. The summed E-state index contributed by atoms with van der Waals surface area (Å²) in [5, 5.41) is 6.24. The molecule has 0 spiro atoms. The summed E-state index contributed by atoms with van der Waals surface area (Å²) >= 11 is 6.41. The van der Waals surface area contributed by atoms with Crippen molar-refractivity contribution in [2.24, 2.45) is 5.92 Å². The van der Waals surface area contributed by atoms with E-state index < -0.39 is 14.6 Å². The highest BCUT2D eigenvalue weighted by molar-refractivity contribution is 7.46. The number of amides is 1. The molecule has 39 heavy (non-hydrogen) atoms. The lowest BCUT2D eigenvalue weighted by Gasteiger charge is -2.33. The second-order valence-electron chi connectivity index (χ2n) is 9.02. The Kier molecular flexibility index (Phi) is 9.21. The van der Waals surface area contributed by atoms with Crippen LogP contribution in [0.2, 0.25) is 5.02 Å². The first-order valence-corrected chi connectivity index (χ1v) is 14.1. The van der Waals surface area contributed by atoms with Gasteiger partial charge in [0.15, 0.2) is 6.79 Å². The maximum atomic E-state index is 11.7. The molecule has 0 aliphatic carbocycles. The van der Waals surface area contributed by atoms with E-state index in [-0.39, 0.29) is 5.91 Å². The SMILES string of the molecule is C=CC(=O)Nc1cccc(-c2nc(Nc3ccc(OCOP(=O)(O)O)c(N4CCC(C)CC4)c3)ncc2Cl)c1. The van der Waals surface area contributed by atoms with Crippen molar-refractivity contribution in [1.29, 1.82) is 0 Å². The lowest BCUT2D eigenvalue weighted by atomic mass is 9.98. The molecule has 0 unspecified atom stereocenters. The molecule has 0 radical (unpaired) electrons. The average Bonchev–Trinajstić information content (AvgIpc) is 2.90. The Labute approximate surface area is 231 Å². The zero-order valence-corrected chi connectivity index (χ0v) is 22.9. The summed E-state index contributed by atoms with van der Waals surface area (Å²) in [6.45, 7) is 6.69. The number of hydrogen-bond donors (Lipinski definition) is 4. The fourth-order valence-electron chi connectivity index (χ4n) is 4.07. The number of phosphoric ester groups is 1. The molecule has 0 bridgehead atoms. The topological polar surface area (TPSA) is 146 Å². The number of hydrogen-bond acceptors (Lipinski definition) is 8. The van der Waals surface area contributed by atoms with Gasteiger partial charge in [0.05, 0.1) is 22.6 Å². The van der Waals surface area contributed by atoms with Gasteiger partial charge < -0.3 is 30.1 Å². The van der Waals surface area contributed by atoms with Crippen LogP contribution in [0.1, 0.15) is 19.8 Å². The van der Waals surface area contributed by atoms with Gasteiger partial charge in [-0.2, -0.15) is 0 Å². The van der Waals surface area contributed by atoms with E-state index in [0.29, 0.717) is 45.3 Å². The molecule has 4 rings (SSSR count). The van der Waals surface area contributed by atoms with Crippen molar-refractivity contribution in [2.75, 3.05) is 35.4 Å². The lowest BCUT2D eigenvalue weighted by molar-refractivity contribution is -0.111. The molecule has 1 saturated heterocycles. The van der Waals surface area contributed by atoms with Gasteiger partial charge in [0.2, 0.25) is 11.9 Å². The number of piperidine rings is 1. The summed E-state index contributed by atoms with van der Waals surface area (Å²) in [6.07, 6.45) is 4.69. The van der Waals surface area contributed by atoms with Crippen molar-refractivity contribution in [1.82, 2.24) is 9.97 Å². The molecule has 1 aliphatic heterocycles. The van der Waals surface area contributed by atoms with E-state index in [1.54, 1.807) is 30.3 Å². The Morgan fingerprint density at radius 2 is 2.00 bits per heavy atom. The molecule has 0 atom stereocenters. The summed E-state index contributed by atoms with van der Waals surface area (Å²) in [4.78, 5) is 40.7. The van der Waals surface area contributed by atoms with Crippen LogP contribution < -0.4 is 20.3 Å². The Morgan fingerprint density at radius 1 is 1.23 bits per heavy atom. The van der Waals surface area contributed by atoms with Gasteiger partial charge in [0.25, 0.3) is 0 Å². The summed E-state index contributed by atoms with van der Waals surface area (Å²) < 4.78 is 21.1. The predicted molar refractivity (Wildman–Crippen MR) is 150 cm³/mol. The summed E-state index contributed by atoms with van der Waals surface area (Å²) in [7, 11) is -4.66. The molecular formula is C26H29ClN5O6P. The number of nitrogens with one attached hydrogen (secondary N) is 2. The van der Waals surface area contributed by atoms with Crippen LogP contribution in [0, 0.1) is 5.92 Å². The minimum atomic E-state index is -4.66. The third-order valence-corrected chi connectivity index (χ3v) is 6.83. The van der Waals surface area contributed by atoms with Crippen LogP contribution in [0.5, 0.6) is 5.75 Å².